The van der Waals surface area contributed by atoms with Gasteiger partial charge >= 0.3 is 0 Å². The highest BCUT2D eigenvalue weighted by Gasteiger charge is 2.20. The number of pyridine rings is 1. The van der Waals surface area contributed by atoms with E-state index in [0.29, 0.717) is 11.3 Å². The Kier molecular flexibility index (Phi) is 6.86. The summed E-state index contributed by atoms with van der Waals surface area (Å²) in [6.45, 7) is 9.63. The fourth-order valence-corrected chi connectivity index (χ4v) is 3.72. The quantitative estimate of drug-likeness (QED) is 0.801. The van der Waals surface area contributed by atoms with E-state index in [-0.39, 0.29) is 11.8 Å². The van der Waals surface area contributed by atoms with E-state index in [1.54, 1.807) is 12.1 Å². The zero-order valence-corrected chi connectivity index (χ0v) is 17.6. The molecule has 29 heavy (non-hydrogen) atoms. The Bertz CT molecular complexity index is 871. The summed E-state index contributed by atoms with van der Waals surface area (Å²) in [5.74, 6) is -0.335. The molecule has 1 aliphatic heterocycles. The lowest BCUT2D eigenvalue weighted by molar-refractivity contribution is 0.0718. The third kappa shape index (κ3) is 4.94. The molecule has 1 saturated heterocycles. The molecule has 1 aromatic carbocycles. The van der Waals surface area contributed by atoms with E-state index in [9.17, 15) is 9.59 Å². The first-order valence-electron chi connectivity index (χ1n) is 10.5. The van der Waals surface area contributed by atoms with Gasteiger partial charge in [-0.1, -0.05) is 0 Å². The fourth-order valence-electron chi connectivity index (χ4n) is 3.72. The molecule has 0 aliphatic carbocycles. The van der Waals surface area contributed by atoms with Gasteiger partial charge in [0.2, 0.25) is 0 Å². The Morgan fingerprint density at radius 3 is 2.45 bits per heavy atom. The van der Waals surface area contributed by atoms with Gasteiger partial charge in [-0.25, -0.2) is 0 Å². The summed E-state index contributed by atoms with van der Waals surface area (Å²) in [4.78, 5) is 33.7. The van der Waals surface area contributed by atoms with Crippen LogP contribution in [0.1, 0.15) is 59.5 Å². The zero-order valence-electron chi connectivity index (χ0n) is 17.6. The van der Waals surface area contributed by atoms with Gasteiger partial charge in [-0.05, 0) is 75.9 Å². The molecule has 1 aromatic heterocycles. The normalized spacial score (nSPS) is 13.8. The first-order chi connectivity index (χ1) is 14.0. The number of anilines is 2. The zero-order chi connectivity index (χ0) is 20.8. The molecule has 2 aromatic rings. The number of nitrogens with zero attached hydrogens (tertiary/aromatic N) is 3. The largest absolute Gasteiger partial charge is 0.372 e. The van der Waals surface area contributed by atoms with Crippen molar-refractivity contribution in [3.05, 3.63) is 53.3 Å². The third-order valence-electron chi connectivity index (χ3n) is 5.47. The molecule has 3 rings (SSSR count). The molecule has 154 valence electrons. The molecule has 1 fully saturated rings. The number of benzene rings is 1. The standard InChI is InChI=1S/C23H30N4O2/c1-4-26(5-2)19-9-10-20(17(3)15-19)25-22(28)18-11-12-24-21(16-18)23(29)27-13-7-6-8-14-27/h9-12,15-16H,4-8,13-14H2,1-3H3,(H,25,28). The number of hydrogen-bond acceptors (Lipinski definition) is 4. The van der Waals surface area contributed by atoms with Crippen LogP contribution in [0.15, 0.2) is 36.5 Å². The van der Waals surface area contributed by atoms with Crippen LogP contribution >= 0.6 is 0 Å². The number of carbonyl (C=O) groups excluding carboxylic acids is 2. The third-order valence-corrected chi connectivity index (χ3v) is 5.47. The van der Waals surface area contributed by atoms with Crippen LogP contribution in [0.4, 0.5) is 11.4 Å². The predicted molar refractivity (Wildman–Crippen MR) is 117 cm³/mol. The van der Waals surface area contributed by atoms with Crippen molar-refractivity contribution in [1.82, 2.24) is 9.88 Å². The van der Waals surface area contributed by atoms with Crippen molar-refractivity contribution in [1.29, 1.82) is 0 Å². The van der Waals surface area contributed by atoms with E-state index in [4.69, 9.17) is 0 Å². The second-order valence-corrected chi connectivity index (χ2v) is 7.41. The van der Waals surface area contributed by atoms with Crippen molar-refractivity contribution in [2.45, 2.75) is 40.0 Å². The molecule has 6 nitrogen and oxygen atoms in total. The number of carbonyl (C=O) groups is 2. The van der Waals surface area contributed by atoms with Crippen molar-refractivity contribution >= 4 is 23.2 Å². The van der Waals surface area contributed by atoms with Crippen LogP contribution < -0.4 is 10.2 Å². The first-order valence-corrected chi connectivity index (χ1v) is 10.5. The van der Waals surface area contributed by atoms with E-state index in [1.807, 2.05) is 24.0 Å². The highest BCUT2D eigenvalue weighted by molar-refractivity contribution is 6.06. The summed E-state index contributed by atoms with van der Waals surface area (Å²) in [5, 5.41) is 2.96. The second-order valence-electron chi connectivity index (χ2n) is 7.41. The van der Waals surface area contributed by atoms with Crippen LogP contribution in [0.25, 0.3) is 0 Å². The van der Waals surface area contributed by atoms with Crippen LogP contribution in [0.5, 0.6) is 0 Å². The summed E-state index contributed by atoms with van der Waals surface area (Å²) in [7, 11) is 0. The van der Waals surface area contributed by atoms with Gasteiger partial charge in [0.1, 0.15) is 5.69 Å². The van der Waals surface area contributed by atoms with Crippen molar-refractivity contribution in [2.24, 2.45) is 0 Å². The second kappa shape index (κ2) is 9.54. The van der Waals surface area contributed by atoms with Gasteiger partial charge in [-0.3, -0.25) is 14.6 Å². The minimum Gasteiger partial charge on any atom is -0.372 e. The van der Waals surface area contributed by atoms with Gasteiger partial charge in [-0.2, -0.15) is 0 Å². The maximum absolute atomic E-state index is 12.8. The van der Waals surface area contributed by atoms with Gasteiger partial charge in [0.05, 0.1) is 0 Å². The van der Waals surface area contributed by atoms with Crippen molar-refractivity contribution in [2.75, 3.05) is 36.4 Å². The van der Waals surface area contributed by atoms with Crippen LogP contribution in [-0.4, -0.2) is 47.9 Å². The molecular formula is C23H30N4O2. The Morgan fingerprint density at radius 1 is 1.07 bits per heavy atom. The molecule has 0 bridgehead atoms. The molecular weight excluding hydrogens is 364 g/mol. The summed E-state index contributed by atoms with van der Waals surface area (Å²) in [6.07, 6.45) is 4.73. The Morgan fingerprint density at radius 2 is 1.79 bits per heavy atom. The van der Waals surface area contributed by atoms with Gasteiger partial charge < -0.3 is 15.1 Å². The average molecular weight is 395 g/mol. The molecule has 1 aliphatic rings. The molecule has 0 unspecified atom stereocenters. The molecule has 2 amide bonds. The van der Waals surface area contributed by atoms with E-state index in [0.717, 1.165) is 62.4 Å². The van der Waals surface area contributed by atoms with Gasteiger partial charge in [0.25, 0.3) is 11.8 Å². The van der Waals surface area contributed by atoms with Crippen LogP contribution in [0.2, 0.25) is 0 Å². The maximum atomic E-state index is 12.8. The van der Waals surface area contributed by atoms with E-state index in [1.165, 1.54) is 6.20 Å². The monoisotopic (exact) mass is 394 g/mol. The van der Waals surface area contributed by atoms with E-state index in [2.05, 4.69) is 35.1 Å². The number of likely N-dealkylation sites (tertiary alicyclic amines) is 1. The molecule has 0 atom stereocenters. The lowest BCUT2D eigenvalue weighted by Crippen LogP contribution is -2.36. The smallest absolute Gasteiger partial charge is 0.272 e. The van der Waals surface area contributed by atoms with Crippen LogP contribution in [0, 0.1) is 6.92 Å². The van der Waals surface area contributed by atoms with Crippen LogP contribution in [0.3, 0.4) is 0 Å². The van der Waals surface area contributed by atoms with Gasteiger partial charge in [0.15, 0.2) is 0 Å². The van der Waals surface area contributed by atoms with E-state index >= 15 is 0 Å². The number of aryl methyl sites for hydroxylation is 1. The van der Waals surface area contributed by atoms with Crippen molar-refractivity contribution in [3.8, 4) is 0 Å². The molecule has 0 radical (unpaired) electrons. The summed E-state index contributed by atoms with van der Waals surface area (Å²) in [6, 6.07) is 9.27. The fraction of sp³-hybridized carbons (Fsp3) is 0.435. The minimum atomic E-state index is -0.237. The molecule has 0 saturated carbocycles. The van der Waals surface area contributed by atoms with Gasteiger partial charge in [-0.15, -0.1) is 0 Å². The molecule has 2 heterocycles. The van der Waals surface area contributed by atoms with Crippen LogP contribution in [-0.2, 0) is 0 Å². The Hall–Kier alpha value is -2.89. The molecule has 1 N–H and O–H groups in total. The number of piperidine rings is 1. The predicted octanol–water partition coefficient (Wildman–Crippen LogP) is 4.11. The number of aromatic nitrogens is 1. The number of rotatable bonds is 6. The van der Waals surface area contributed by atoms with Gasteiger partial charge in [0, 0.05) is 49.3 Å². The SMILES string of the molecule is CCN(CC)c1ccc(NC(=O)c2ccnc(C(=O)N3CCCCC3)c2)c(C)c1. The number of nitrogens with one attached hydrogen (secondary N) is 1. The maximum Gasteiger partial charge on any atom is 0.272 e. The number of amides is 2. The van der Waals surface area contributed by atoms with E-state index < -0.39 is 0 Å². The molecule has 6 heteroatoms. The highest BCUT2D eigenvalue weighted by atomic mass is 16.2. The summed E-state index contributed by atoms with van der Waals surface area (Å²) < 4.78 is 0. The molecule has 0 spiro atoms. The minimum absolute atomic E-state index is 0.0980. The topological polar surface area (TPSA) is 65.5 Å². The average Bonchev–Trinajstić information content (AvgIpc) is 2.76. The van der Waals surface area contributed by atoms with Crippen molar-refractivity contribution < 1.29 is 9.59 Å². The van der Waals surface area contributed by atoms with Crippen molar-refractivity contribution in [3.63, 3.8) is 0 Å². The Labute approximate surface area is 172 Å². The summed E-state index contributed by atoms with van der Waals surface area (Å²) >= 11 is 0. The lowest BCUT2D eigenvalue weighted by atomic mass is 10.1. The first kappa shape index (κ1) is 20.8. The highest BCUT2D eigenvalue weighted by Crippen LogP contribution is 2.23. The Balaban J connectivity index is 1.73. The lowest BCUT2D eigenvalue weighted by Gasteiger charge is -2.26. The summed E-state index contributed by atoms with van der Waals surface area (Å²) in [5.41, 5.74) is 3.68. The number of hydrogen-bond donors (Lipinski definition) is 1.